The third-order valence-corrected chi connectivity index (χ3v) is 4.21. The van der Waals surface area contributed by atoms with Crippen LogP contribution < -0.4 is 10.5 Å². The van der Waals surface area contributed by atoms with Crippen molar-refractivity contribution in [3.63, 3.8) is 0 Å². The minimum atomic E-state index is 0.417. The van der Waals surface area contributed by atoms with Crippen molar-refractivity contribution in [1.29, 1.82) is 0 Å². The summed E-state index contributed by atoms with van der Waals surface area (Å²) in [5.74, 6) is 0.818. The van der Waals surface area contributed by atoms with Gasteiger partial charge in [-0.25, -0.2) is 4.98 Å². The molecule has 2 aromatic heterocycles. The predicted molar refractivity (Wildman–Crippen MR) is 101 cm³/mol. The third kappa shape index (κ3) is 3.23. The van der Waals surface area contributed by atoms with E-state index < -0.39 is 0 Å². The molecule has 0 aliphatic carbocycles. The lowest BCUT2D eigenvalue weighted by molar-refractivity contribution is 0.353. The van der Waals surface area contributed by atoms with E-state index in [-0.39, 0.29) is 0 Å². The maximum Gasteiger partial charge on any atom is 0.140 e. The van der Waals surface area contributed by atoms with E-state index in [2.05, 4.69) is 33.0 Å². The predicted octanol–water partition coefficient (Wildman–Crippen LogP) is 4.49. The minimum Gasteiger partial charge on any atom is -0.489 e. The molecule has 4 nitrogen and oxygen atoms in total. The van der Waals surface area contributed by atoms with Crippen molar-refractivity contribution in [2.45, 2.75) is 20.4 Å². The van der Waals surface area contributed by atoms with Crippen molar-refractivity contribution >= 4 is 21.6 Å². The lowest BCUT2D eigenvalue weighted by atomic mass is 10.1. The van der Waals surface area contributed by atoms with Crippen molar-refractivity contribution in [2.24, 2.45) is 5.73 Å². The van der Waals surface area contributed by atoms with Crippen LogP contribution in [0.2, 0.25) is 0 Å². The number of imidazole rings is 1. The molecule has 1 aromatic carbocycles. The Morgan fingerprint density at radius 3 is 2.67 bits per heavy atom. The molecular weight excluding hydrogens is 366 g/mol. The first kappa shape index (κ1) is 16.7. The van der Waals surface area contributed by atoms with Crippen molar-refractivity contribution < 1.29 is 4.74 Å². The Labute approximate surface area is 150 Å². The van der Waals surface area contributed by atoms with E-state index in [0.717, 1.165) is 44.0 Å². The second-order valence-corrected chi connectivity index (χ2v) is 6.83. The van der Waals surface area contributed by atoms with Gasteiger partial charge in [-0.3, -0.25) is 0 Å². The van der Waals surface area contributed by atoms with Crippen LogP contribution in [-0.2, 0) is 6.54 Å². The second kappa shape index (κ2) is 6.79. The molecule has 2 heterocycles. The topological polar surface area (TPSA) is 52.5 Å². The van der Waals surface area contributed by atoms with Crippen molar-refractivity contribution in [2.75, 3.05) is 6.61 Å². The number of nitrogens with zero attached hydrogens (tertiary/aromatic N) is 2. The minimum absolute atomic E-state index is 0.417. The summed E-state index contributed by atoms with van der Waals surface area (Å²) < 4.78 is 8.72. The van der Waals surface area contributed by atoms with E-state index in [4.69, 9.17) is 15.5 Å². The molecule has 0 amide bonds. The highest BCUT2D eigenvalue weighted by atomic mass is 79.9. The fourth-order valence-corrected chi connectivity index (χ4v) is 3.21. The van der Waals surface area contributed by atoms with E-state index in [1.54, 1.807) is 0 Å². The van der Waals surface area contributed by atoms with Crippen LogP contribution >= 0.6 is 15.9 Å². The van der Waals surface area contributed by atoms with Crippen molar-refractivity contribution in [3.8, 4) is 17.0 Å². The number of pyridine rings is 1. The molecule has 3 aromatic rings. The Morgan fingerprint density at radius 1 is 1.33 bits per heavy atom. The zero-order valence-electron chi connectivity index (χ0n) is 13.8. The van der Waals surface area contributed by atoms with Gasteiger partial charge in [0, 0.05) is 22.8 Å². The second-order valence-electron chi connectivity index (χ2n) is 5.92. The lowest BCUT2D eigenvalue weighted by Crippen LogP contribution is -2.03. The largest absolute Gasteiger partial charge is 0.489 e. The van der Waals surface area contributed by atoms with Gasteiger partial charge in [0.25, 0.3) is 0 Å². The first-order chi connectivity index (χ1) is 11.5. The first-order valence-corrected chi connectivity index (χ1v) is 8.53. The average molecular weight is 386 g/mol. The van der Waals surface area contributed by atoms with Crippen LogP contribution in [0.15, 0.2) is 53.2 Å². The van der Waals surface area contributed by atoms with E-state index in [1.165, 1.54) is 0 Å². The van der Waals surface area contributed by atoms with E-state index in [0.29, 0.717) is 13.2 Å². The fraction of sp³-hybridized carbons (Fsp3) is 0.211. The molecule has 0 saturated heterocycles. The van der Waals surface area contributed by atoms with Crippen molar-refractivity contribution in [1.82, 2.24) is 9.38 Å². The van der Waals surface area contributed by atoms with Gasteiger partial charge in [-0.1, -0.05) is 6.58 Å². The van der Waals surface area contributed by atoms with Gasteiger partial charge >= 0.3 is 0 Å². The number of ether oxygens (including phenoxy) is 1. The number of nitrogens with two attached hydrogens (primary N) is 1. The zero-order valence-corrected chi connectivity index (χ0v) is 15.4. The summed E-state index contributed by atoms with van der Waals surface area (Å²) in [6, 6.07) is 9.98. The van der Waals surface area contributed by atoms with E-state index in [1.807, 2.05) is 44.3 Å². The molecule has 124 valence electrons. The Kier molecular flexibility index (Phi) is 4.73. The molecule has 3 rings (SSSR count). The molecule has 0 aliphatic rings. The first-order valence-electron chi connectivity index (χ1n) is 7.74. The molecule has 0 unspecified atom stereocenters. The molecule has 24 heavy (non-hydrogen) atoms. The molecule has 2 N–H and O–H groups in total. The van der Waals surface area contributed by atoms with Crippen LogP contribution in [-0.4, -0.2) is 16.0 Å². The zero-order chi connectivity index (χ0) is 17.3. The molecule has 0 radical (unpaired) electrons. The maximum absolute atomic E-state index is 6.00. The van der Waals surface area contributed by atoms with Crippen LogP contribution in [0.4, 0.5) is 0 Å². The molecule has 0 saturated carbocycles. The molecule has 0 atom stereocenters. The molecule has 0 aliphatic heterocycles. The number of hydrogen-bond acceptors (Lipinski definition) is 3. The van der Waals surface area contributed by atoms with Gasteiger partial charge < -0.3 is 14.9 Å². The van der Waals surface area contributed by atoms with Gasteiger partial charge in [-0.05, 0) is 71.2 Å². The van der Waals surface area contributed by atoms with Crippen LogP contribution in [0, 0.1) is 6.92 Å². The summed E-state index contributed by atoms with van der Waals surface area (Å²) in [5.41, 5.74) is 11.9. The Balaban J connectivity index is 2.02. The van der Waals surface area contributed by atoms with Crippen LogP contribution in [0.25, 0.3) is 16.9 Å². The van der Waals surface area contributed by atoms with Gasteiger partial charge in [-0.2, -0.15) is 0 Å². The van der Waals surface area contributed by atoms with Gasteiger partial charge in [0.05, 0.1) is 11.4 Å². The van der Waals surface area contributed by atoms with Crippen molar-refractivity contribution in [3.05, 3.63) is 64.4 Å². The highest BCUT2D eigenvalue weighted by molar-refractivity contribution is 9.10. The van der Waals surface area contributed by atoms with Gasteiger partial charge in [-0.15, -0.1) is 0 Å². The molecule has 5 heteroatoms. The smallest absolute Gasteiger partial charge is 0.140 e. The summed E-state index contributed by atoms with van der Waals surface area (Å²) in [6.45, 7) is 8.77. The summed E-state index contributed by atoms with van der Waals surface area (Å²) in [7, 11) is 0. The lowest BCUT2D eigenvalue weighted by Gasteiger charge is -2.07. The summed E-state index contributed by atoms with van der Waals surface area (Å²) >= 11 is 3.54. The Morgan fingerprint density at radius 2 is 2.04 bits per heavy atom. The molecule has 0 bridgehead atoms. The number of rotatable bonds is 5. The summed E-state index contributed by atoms with van der Waals surface area (Å²) in [6.07, 6.45) is 2.01. The van der Waals surface area contributed by atoms with Crippen LogP contribution in [0.5, 0.6) is 5.75 Å². The quantitative estimate of drug-likeness (QED) is 0.658. The fourth-order valence-electron chi connectivity index (χ4n) is 2.66. The van der Waals surface area contributed by atoms with Gasteiger partial charge in [0.2, 0.25) is 0 Å². The number of fused-ring (bicyclic) bond motifs is 1. The van der Waals surface area contributed by atoms with Crippen LogP contribution in [0.1, 0.15) is 18.2 Å². The maximum atomic E-state index is 6.00. The monoisotopic (exact) mass is 385 g/mol. The summed E-state index contributed by atoms with van der Waals surface area (Å²) in [4.78, 5) is 4.81. The average Bonchev–Trinajstić information content (AvgIpc) is 2.92. The SMILES string of the molecule is C=C(C)COc1ccc(-c2nc3c(C)cc(Br)cn3c2CN)cc1. The summed E-state index contributed by atoms with van der Waals surface area (Å²) in [5, 5.41) is 0. The number of halogens is 1. The highest BCUT2D eigenvalue weighted by Gasteiger charge is 2.15. The highest BCUT2D eigenvalue weighted by Crippen LogP contribution is 2.28. The number of benzene rings is 1. The molecule has 0 spiro atoms. The molecular formula is C19H20BrN3O. The standard InChI is InChI=1S/C19H20BrN3O/c1-12(2)11-24-16-6-4-14(5-7-16)18-17(9-21)23-10-15(20)8-13(3)19(23)22-18/h4-8,10H,1,9,11,21H2,2-3H3. The van der Waals surface area contributed by atoms with Gasteiger partial charge in [0.15, 0.2) is 0 Å². The van der Waals surface area contributed by atoms with Crippen LogP contribution in [0.3, 0.4) is 0 Å². The van der Waals surface area contributed by atoms with E-state index in [9.17, 15) is 0 Å². The number of aryl methyl sites for hydroxylation is 1. The van der Waals surface area contributed by atoms with Gasteiger partial charge in [0.1, 0.15) is 18.0 Å². The Bertz CT molecular complexity index is 897. The number of hydrogen-bond donors (Lipinski definition) is 1. The van der Waals surface area contributed by atoms with E-state index >= 15 is 0 Å². The normalized spacial score (nSPS) is 11.0. The number of aromatic nitrogens is 2. The third-order valence-electron chi connectivity index (χ3n) is 3.78. The Hall–Kier alpha value is -2.11. The molecule has 0 fully saturated rings.